The molecule has 5 rings (SSSR count). The molecule has 0 radical (unpaired) electrons. The number of fused-ring (bicyclic) bond motifs is 1. The van der Waals surface area contributed by atoms with Crippen molar-refractivity contribution in [2.75, 3.05) is 26.3 Å². The van der Waals surface area contributed by atoms with Crippen LogP contribution in [-0.4, -0.2) is 88.2 Å². The number of rotatable bonds is 11. The molecule has 13 heteroatoms. The first kappa shape index (κ1) is 30.9. The van der Waals surface area contributed by atoms with Gasteiger partial charge in [0.05, 0.1) is 36.4 Å². The Morgan fingerprint density at radius 1 is 1.19 bits per heavy atom. The van der Waals surface area contributed by atoms with Crippen molar-refractivity contribution >= 4 is 31.1 Å². The lowest BCUT2D eigenvalue weighted by atomic mass is 10.0. The van der Waals surface area contributed by atoms with Crippen molar-refractivity contribution in [1.29, 1.82) is 0 Å². The summed E-state index contributed by atoms with van der Waals surface area (Å²) in [6.07, 6.45) is 1.65. The number of β-amino-alcohol motifs (C(OH)–C–C–N with tert-alkyl or cyclic N) is 1. The highest BCUT2D eigenvalue weighted by Crippen LogP contribution is 2.38. The number of aromatic nitrogens is 3. The Hall–Kier alpha value is -3.55. The summed E-state index contributed by atoms with van der Waals surface area (Å²) in [6, 6.07) is 4.68. The van der Waals surface area contributed by atoms with Gasteiger partial charge in [-0.25, -0.2) is 19.2 Å². The number of benzene rings is 1. The zero-order chi connectivity index (χ0) is 30.9. The van der Waals surface area contributed by atoms with Crippen LogP contribution in [0.15, 0.2) is 24.5 Å². The van der Waals surface area contributed by atoms with E-state index in [0.29, 0.717) is 58.4 Å². The van der Waals surface area contributed by atoms with Crippen molar-refractivity contribution in [2.45, 2.75) is 70.7 Å². The highest BCUT2D eigenvalue weighted by molar-refractivity contribution is 6.76. The normalized spacial score (nSPS) is 19.1. The van der Waals surface area contributed by atoms with Crippen LogP contribution in [-0.2, 0) is 11.5 Å². The minimum Gasteiger partial charge on any atom is -0.492 e. The number of aliphatic hydroxyl groups is 1. The molecule has 2 atom stereocenters. The molecule has 1 aliphatic carbocycles. The van der Waals surface area contributed by atoms with Gasteiger partial charge in [-0.15, -0.1) is 0 Å². The third-order valence-electron chi connectivity index (χ3n) is 8.08. The predicted molar refractivity (Wildman–Crippen MR) is 161 cm³/mol. The largest absolute Gasteiger partial charge is 0.492 e. The molecule has 2 amide bonds. The Bertz CT molecular complexity index is 1500. The Morgan fingerprint density at radius 2 is 1.95 bits per heavy atom. The van der Waals surface area contributed by atoms with E-state index in [1.54, 1.807) is 13.0 Å². The number of nitrogens with one attached hydrogen (secondary N) is 1. The molecule has 3 N–H and O–H groups in total. The van der Waals surface area contributed by atoms with E-state index in [0.717, 1.165) is 23.8 Å². The summed E-state index contributed by atoms with van der Waals surface area (Å²) in [5.41, 5.74) is 2.93. The van der Waals surface area contributed by atoms with Crippen LogP contribution in [0.25, 0.3) is 22.3 Å². The van der Waals surface area contributed by atoms with Crippen molar-refractivity contribution in [3.8, 4) is 17.0 Å². The lowest BCUT2D eigenvalue weighted by Gasteiger charge is -2.34. The summed E-state index contributed by atoms with van der Waals surface area (Å²) >= 11 is 0. The number of likely N-dealkylation sites (tertiary alicyclic amines) is 1. The molecule has 1 saturated carbocycles. The van der Waals surface area contributed by atoms with Crippen LogP contribution in [0, 0.1) is 18.7 Å². The molecule has 2 unspecified atom stereocenters. The fraction of sp³-hybridized carbons (Fsp3) is 0.533. The molecule has 11 nitrogen and oxygen atoms in total. The first-order valence-electron chi connectivity index (χ1n) is 14.7. The number of carbonyl (C=O) groups excluding carboxylic acids is 1. The highest BCUT2D eigenvalue weighted by Gasteiger charge is 2.33. The van der Waals surface area contributed by atoms with Crippen LogP contribution >= 0.6 is 0 Å². The molecule has 43 heavy (non-hydrogen) atoms. The number of hydrogen-bond acceptors (Lipinski definition) is 7. The van der Waals surface area contributed by atoms with Gasteiger partial charge in [-0.1, -0.05) is 19.6 Å². The zero-order valence-corrected chi connectivity index (χ0v) is 26.1. The van der Waals surface area contributed by atoms with Crippen LogP contribution < -0.4 is 10.1 Å². The summed E-state index contributed by atoms with van der Waals surface area (Å²) in [7, 11) is -1.35. The number of amides is 2. The van der Waals surface area contributed by atoms with E-state index < -0.39 is 38.0 Å². The van der Waals surface area contributed by atoms with Gasteiger partial charge in [0.15, 0.2) is 0 Å². The minimum atomic E-state index is -1.35. The van der Waals surface area contributed by atoms with Gasteiger partial charge >= 0.3 is 6.09 Å². The maximum atomic E-state index is 14.4. The Morgan fingerprint density at radius 3 is 2.63 bits per heavy atom. The van der Waals surface area contributed by atoms with Crippen molar-refractivity contribution in [2.24, 2.45) is 5.92 Å². The maximum Gasteiger partial charge on any atom is 0.407 e. The van der Waals surface area contributed by atoms with Crippen molar-refractivity contribution in [3.63, 3.8) is 0 Å². The molecular weight excluding hydrogens is 573 g/mol. The molecule has 2 aromatic heterocycles. The summed E-state index contributed by atoms with van der Waals surface area (Å²) in [6.45, 7) is 9.92. The molecule has 1 saturated heterocycles. The van der Waals surface area contributed by atoms with E-state index in [4.69, 9.17) is 9.47 Å². The number of nitrogens with zero attached hydrogens (tertiary/aromatic N) is 4. The Kier molecular flexibility index (Phi) is 9.04. The molecule has 2 fully saturated rings. The second kappa shape index (κ2) is 12.6. The SMILES string of the molecule is Cc1c(C(=O)NC2CCN(C(=O)O)CC2O)c2ncnc(-c3ccc(F)cc3OCC3CC3)c2n1COCC[Si](C)(C)C. The first-order valence-corrected chi connectivity index (χ1v) is 18.4. The number of hydrogen-bond donors (Lipinski definition) is 3. The van der Waals surface area contributed by atoms with Crippen molar-refractivity contribution in [3.05, 3.63) is 41.6 Å². The molecule has 1 aromatic carbocycles. The van der Waals surface area contributed by atoms with E-state index in [1.807, 2.05) is 4.57 Å². The first-order chi connectivity index (χ1) is 20.4. The second-order valence-corrected chi connectivity index (χ2v) is 18.3. The standard InChI is InChI=1S/C30H40FN5O6Si/c1-18-25(29(38)34-22-9-10-35(30(39)40)14-23(22)37)27-28(36(18)17-41-11-12-43(2,3)4)26(32-16-33-27)21-8-7-20(31)13-24(21)42-15-19-5-6-19/h7-8,13,16,19,22-23,37H,5-6,9-12,14-15,17H2,1-4H3,(H,34,38)(H,39,40). The second-order valence-electron chi connectivity index (χ2n) is 12.7. The molecule has 0 bridgehead atoms. The summed E-state index contributed by atoms with van der Waals surface area (Å²) in [5, 5.41) is 22.8. The zero-order valence-electron chi connectivity index (χ0n) is 25.1. The topological polar surface area (TPSA) is 139 Å². The van der Waals surface area contributed by atoms with Gasteiger partial charge in [0.1, 0.15) is 35.8 Å². The van der Waals surface area contributed by atoms with Gasteiger partial charge in [-0.3, -0.25) is 4.79 Å². The predicted octanol–water partition coefficient (Wildman–Crippen LogP) is 4.49. The molecule has 3 aromatic rings. The lowest BCUT2D eigenvalue weighted by molar-refractivity contribution is 0.0391. The molecule has 1 aliphatic heterocycles. The fourth-order valence-corrected chi connectivity index (χ4v) is 6.03. The van der Waals surface area contributed by atoms with E-state index in [1.165, 1.54) is 18.5 Å². The summed E-state index contributed by atoms with van der Waals surface area (Å²) in [5.74, 6) is -0.0320. The molecular formula is C30H40FN5O6Si. The van der Waals surface area contributed by atoms with Gasteiger partial charge in [-0.2, -0.15) is 0 Å². The number of ether oxygens (including phenoxy) is 2. The number of aliphatic hydroxyl groups excluding tert-OH is 1. The van der Waals surface area contributed by atoms with E-state index in [-0.39, 0.29) is 26.2 Å². The van der Waals surface area contributed by atoms with Gasteiger partial charge in [-0.05, 0) is 50.3 Å². The minimum absolute atomic E-state index is 0.0908. The third-order valence-corrected chi connectivity index (χ3v) is 9.78. The average Bonchev–Trinajstić information content (AvgIpc) is 3.73. The number of piperidine rings is 1. The smallest absolute Gasteiger partial charge is 0.407 e. The van der Waals surface area contributed by atoms with Gasteiger partial charge in [0.25, 0.3) is 5.91 Å². The molecule has 232 valence electrons. The quantitative estimate of drug-likeness (QED) is 0.212. The van der Waals surface area contributed by atoms with Crippen LogP contribution in [0.2, 0.25) is 25.7 Å². The lowest BCUT2D eigenvalue weighted by Crippen LogP contribution is -2.55. The average molecular weight is 614 g/mol. The fourth-order valence-electron chi connectivity index (χ4n) is 5.27. The van der Waals surface area contributed by atoms with E-state index in [9.17, 15) is 24.2 Å². The molecule has 2 aliphatic rings. The van der Waals surface area contributed by atoms with Crippen molar-refractivity contribution in [1.82, 2.24) is 24.8 Å². The van der Waals surface area contributed by atoms with Crippen LogP contribution in [0.1, 0.15) is 35.3 Å². The number of carbonyl (C=O) groups is 2. The van der Waals surface area contributed by atoms with E-state index in [2.05, 4.69) is 34.9 Å². The Balaban J connectivity index is 1.53. The van der Waals surface area contributed by atoms with Gasteiger partial charge < -0.3 is 34.5 Å². The molecule has 0 spiro atoms. The highest BCUT2D eigenvalue weighted by atomic mass is 28.3. The summed E-state index contributed by atoms with van der Waals surface area (Å²) < 4.78 is 28.4. The van der Waals surface area contributed by atoms with E-state index >= 15 is 0 Å². The van der Waals surface area contributed by atoms with Crippen LogP contribution in [0.3, 0.4) is 0 Å². The third kappa shape index (κ3) is 7.16. The monoisotopic (exact) mass is 613 g/mol. The van der Waals surface area contributed by atoms with Crippen LogP contribution in [0.5, 0.6) is 5.75 Å². The van der Waals surface area contributed by atoms with Crippen LogP contribution in [0.4, 0.5) is 9.18 Å². The van der Waals surface area contributed by atoms with Crippen molar-refractivity contribution < 1.29 is 33.7 Å². The maximum absolute atomic E-state index is 14.4. The molecule has 3 heterocycles. The Labute approximate surface area is 251 Å². The van der Waals surface area contributed by atoms with Gasteiger partial charge in [0.2, 0.25) is 0 Å². The summed E-state index contributed by atoms with van der Waals surface area (Å²) in [4.78, 5) is 35.4. The number of carboxylic acid groups (broad SMARTS) is 1. The van der Waals surface area contributed by atoms with Gasteiger partial charge in [0, 0.05) is 38.5 Å². The number of halogens is 1.